The lowest BCUT2D eigenvalue weighted by atomic mass is 10.3. The van der Waals surface area contributed by atoms with Crippen molar-refractivity contribution in [3.63, 3.8) is 0 Å². The Hall–Kier alpha value is -1.71. The van der Waals surface area contributed by atoms with E-state index in [9.17, 15) is 4.79 Å². The van der Waals surface area contributed by atoms with Crippen molar-refractivity contribution in [2.75, 3.05) is 6.73 Å². The van der Waals surface area contributed by atoms with Gasteiger partial charge in [0.2, 0.25) is 0 Å². The molecule has 0 saturated heterocycles. The van der Waals surface area contributed by atoms with E-state index in [4.69, 9.17) is 10.5 Å². The molecule has 4 heteroatoms. The monoisotopic (exact) mass is 166 g/mol. The smallest absolute Gasteiger partial charge is 0.314 e. The van der Waals surface area contributed by atoms with Gasteiger partial charge in [0.25, 0.3) is 0 Å². The average Bonchev–Trinajstić information content (AvgIpc) is 2.05. The largest absolute Gasteiger partial charge is 0.473 e. The highest BCUT2D eigenvalue weighted by Crippen LogP contribution is 2.06. The van der Waals surface area contributed by atoms with Crippen molar-refractivity contribution in [1.29, 1.82) is 0 Å². The minimum Gasteiger partial charge on any atom is -0.473 e. The molecule has 0 aliphatic carbocycles. The first-order chi connectivity index (χ1) is 5.79. The second kappa shape index (κ2) is 4.23. The SMILES string of the molecule is NC(=O)NCOc1ccccc1. The molecule has 1 aromatic rings. The fourth-order valence-electron chi connectivity index (χ4n) is 0.707. The van der Waals surface area contributed by atoms with Crippen molar-refractivity contribution in [3.05, 3.63) is 30.3 Å². The van der Waals surface area contributed by atoms with E-state index in [1.54, 1.807) is 12.1 Å². The number of carbonyl (C=O) groups excluding carboxylic acids is 1. The molecule has 3 N–H and O–H groups in total. The number of hydrogen-bond acceptors (Lipinski definition) is 2. The molecule has 1 aromatic carbocycles. The average molecular weight is 166 g/mol. The van der Waals surface area contributed by atoms with E-state index in [2.05, 4.69) is 5.32 Å². The van der Waals surface area contributed by atoms with E-state index in [-0.39, 0.29) is 6.73 Å². The molecule has 12 heavy (non-hydrogen) atoms. The molecule has 0 aromatic heterocycles. The highest BCUT2D eigenvalue weighted by Gasteiger charge is 1.91. The van der Waals surface area contributed by atoms with Gasteiger partial charge in [-0.15, -0.1) is 0 Å². The second-order valence-corrected chi connectivity index (χ2v) is 2.14. The normalized spacial score (nSPS) is 9.00. The lowest BCUT2D eigenvalue weighted by Gasteiger charge is -2.04. The van der Waals surface area contributed by atoms with Gasteiger partial charge in [0.1, 0.15) is 5.75 Å². The van der Waals surface area contributed by atoms with Gasteiger partial charge in [-0.25, -0.2) is 4.79 Å². The number of nitrogens with one attached hydrogen (secondary N) is 1. The lowest BCUT2D eigenvalue weighted by Crippen LogP contribution is -2.32. The molecule has 0 aliphatic heterocycles. The van der Waals surface area contributed by atoms with Crippen LogP contribution in [0.5, 0.6) is 5.75 Å². The van der Waals surface area contributed by atoms with Gasteiger partial charge >= 0.3 is 6.03 Å². The zero-order valence-electron chi connectivity index (χ0n) is 6.49. The van der Waals surface area contributed by atoms with Crippen LogP contribution in [0.4, 0.5) is 4.79 Å². The minimum absolute atomic E-state index is 0.0966. The van der Waals surface area contributed by atoms with Crippen molar-refractivity contribution >= 4 is 6.03 Å². The van der Waals surface area contributed by atoms with Crippen molar-refractivity contribution in [3.8, 4) is 5.75 Å². The third-order valence-electron chi connectivity index (χ3n) is 1.23. The molecule has 64 valence electrons. The van der Waals surface area contributed by atoms with E-state index < -0.39 is 6.03 Å². The number of rotatable bonds is 3. The van der Waals surface area contributed by atoms with Crippen molar-refractivity contribution in [1.82, 2.24) is 5.32 Å². The van der Waals surface area contributed by atoms with Crippen molar-refractivity contribution in [2.24, 2.45) is 5.73 Å². The van der Waals surface area contributed by atoms with Crippen LogP contribution in [-0.4, -0.2) is 12.8 Å². The fraction of sp³-hybridized carbons (Fsp3) is 0.125. The Kier molecular flexibility index (Phi) is 2.95. The number of carbonyl (C=O) groups is 1. The molecule has 1 rings (SSSR count). The summed E-state index contributed by atoms with van der Waals surface area (Å²) in [6.45, 7) is 0.0966. The third-order valence-corrected chi connectivity index (χ3v) is 1.23. The third kappa shape index (κ3) is 2.92. The van der Waals surface area contributed by atoms with E-state index >= 15 is 0 Å². The Morgan fingerprint density at radius 2 is 2.08 bits per heavy atom. The summed E-state index contributed by atoms with van der Waals surface area (Å²) in [6, 6.07) is 8.57. The minimum atomic E-state index is -0.592. The van der Waals surface area contributed by atoms with Crippen LogP contribution in [0.25, 0.3) is 0 Å². The van der Waals surface area contributed by atoms with Gasteiger partial charge in [-0.1, -0.05) is 18.2 Å². The van der Waals surface area contributed by atoms with Crippen LogP contribution in [0, 0.1) is 0 Å². The van der Waals surface area contributed by atoms with Crippen molar-refractivity contribution in [2.45, 2.75) is 0 Å². The van der Waals surface area contributed by atoms with Crippen LogP contribution in [0.2, 0.25) is 0 Å². The van der Waals surface area contributed by atoms with Crippen molar-refractivity contribution < 1.29 is 9.53 Å². The molecule has 0 bridgehead atoms. The Bertz CT molecular complexity index is 248. The summed E-state index contributed by atoms with van der Waals surface area (Å²) in [5.74, 6) is 0.700. The van der Waals surface area contributed by atoms with Crippen LogP contribution in [0.1, 0.15) is 0 Å². The van der Waals surface area contributed by atoms with Gasteiger partial charge in [0.15, 0.2) is 6.73 Å². The van der Waals surface area contributed by atoms with Gasteiger partial charge in [-0.2, -0.15) is 0 Å². The number of benzene rings is 1. The summed E-state index contributed by atoms with van der Waals surface area (Å²) < 4.78 is 5.10. The summed E-state index contributed by atoms with van der Waals surface area (Å²) in [6.07, 6.45) is 0. The molecular formula is C8H10N2O2. The van der Waals surface area contributed by atoms with Gasteiger partial charge < -0.3 is 15.8 Å². The molecule has 0 heterocycles. The topological polar surface area (TPSA) is 64.4 Å². The quantitative estimate of drug-likeness (QED) is 0.649. The van der Waals surface area contributed by atoms with Gasteiger partial charge in [0.05, 0.1) is 0 Å². The number of amides is 2. The molecular weight excluding hydrogens is 156 g/mol. The highest BCUT2D eigenvalue weighted by molar-refractivity contribution is 5.71. The molecule has 0 atom stereocenters. The molecule has 0 fully saturated rings. The molecule has 0 saturated carbocycles. The number of ether oxygens (including phenoxy) is 1. The first-order valence-electron chi connectivity index (χ1n) is 3.50. The Morgan fingerprint density at radius 1 is 1.42 bits per heavy atom. The molecule has 0 spiro atoms. The maximum atomic E-state index is 10.2. The lowest BCUT2D eigenvalue weighted by molar-refractivity contribution is 0.231. The summed E-state index contributed by atoms with van der Waals surface area (Å²) >= 11 is 0. The van der Waals surface area contributed by atoms with E-state index in [0.717, 1.165) is 0 Å². The molecule has 0 unspecified atom stereocenters. The summed E-state index contributed by atoms with van der Waals surface area (Å²) in [4.78, 5) is 10.2. The highest BCUT2D eigenvalue weighted by atomic mass is 16.5. The number of primary amides is 1. The van der Waals surface area contributed by atoms with E-state index in [1.165, 1.54) is 0 Å². The van der Waals surface area contributed by atoms with Crippen LogP contribution < -0.4 is 15.8 Å². The van der Waals surface area contributed by atoms with Crippen LogP contribution in [-0.2, 0) is 0 Å². The molecule has 0 radical (unpaired) electrons. The van der Waals surface area contributed by atoms with Crippen LogP contribution >= 0.6 is 0 Å². The molecule has 2 amide bonds. The standard InChI is InChI=1S/C8H10N2O2/c9-8(11)10-6-12-7-4-2-1-3-5-7/h1-5H,6H2,(H3,9,10,11). The fourth-order valence-corrected chi connectivity index (χ4v) is 0.707. The van der Waals surface area contributed by atoms with Gasteiger partial charge in [0, 0.05) is 0 Å². The van der Waals surface area contributed by atoms with E-state index in [0.29, 0.717) is 5.75 Å². The van der Waals surface area contributed by atoms with Crippen LogP contribution in [0.15, 0.2) is 30.3 Å². The summed E-state index contributed by atoms with van der Waals surface area (Å²) in [7, 11) is 0. The Labute approximate surface area is 70.3 Å². The molecule has 4 nitrogen and oxygen atoms in total. The number of nitrogens with two attached hydrogens (primary N) is 1. The first-order valence-corrected chi connectivity index (χ1v) is 3.50. The maximum Gasteiger partial charge on any atom is 0.314 e. The number of urea groups is 1. The molecule has 0 aliphatic rings. The Balaban J connectivity index is 2.29. The first kappa shape index (κ1) is 8.39. The summed E-state index contributed by atoms with van der Waals surface area (Å²) in [5.41, 5.74) is 4.83. The predicted octanol–water partition coefficient (Wildman–Crippen LogP) is 0.691. The number of hydrogen-bond donors (Lipinski definition) is 2. The predicted molar refractivity (Wildman–Crippen MR) is 44.7 cm³/mol. The number of para-hydroxylation sites is 1. The second-order valence-electron chi connectivity index (χ2n) is 2.14. The van der Waals surface area contributed by atoms with Crippen LogP contribution in [0.3, 0.4) is 0 Å². The zero-order chi connectivity index (χ0) is 8.81. The zero-order valence-corrected chi connectivity index (χ0v) is 6.49. The van der Waals surface area contributed by atoms with E-state index in [1.807, 2.05) is 18.2 Å². The summed E-state index contributed by atoms with van der Waals surface area (Å²) in [5, 5.41) is 2.31. The van der Waals surface area contributed by atoms with Gasteiger partial charge in [-0.3, -0.25) is 0 Å². The van der Waals surface area contributed by atoms with Gasteiger partial charge in [-0.05, 0) is 12.1 Å². The Morgan fingerprint density at radius 3 is 2.67 bits per heavy atom. The maximum absolute atomic E-state index is 10.2.